The fraction of sp³-hybridized carbons (Fsp3) is 0.357. The number of esters is 1. The highest BCUT2D eigenvalue weighted by Crippen LogP contribution is 2.23. The maximum absolute atomic E-state index is 12.5. The lowest BCUT2D eigenvalue weighted by Crippen LogP contribution is -2.41. The van der Waals surface area contributed by atoms with Gasteiger partial charge in [-0.2, -0.15) is 4.31 Å². The van der Waals surface area contributed by atoms with Gasteiger partial charge in [0.15, 0.2) is 0 Å². The van der Waals surface area contributed by atoms with Gasteiger partial charge in [0.05, 0.1) is 11.5 Å². The lowest BCUT2D eigenvalue weighted by Gasteiger charge is -2.22. The molecule has 0 fully saturated rings. The number of hydrogen-bond acceptors (Lipinski definition) is 4. The molecular formula is C14H17NO4S. The Balaban J connectivity index is 2.29. The SMILES string of the molecule is CCOC(=O)[C@H]1C=CCN1S(=O)(=O)c1ccc(C)cc1. The fourth-order valence-corrected chi connectivity index (χ4v) is 3.51. The number of hydrogen-bond donors (Lipinski definition) is 0. The molecule has 0 spiro atoms. The molecular weight excluding hydrogens is 278 g/mol. The zero-order chi connectivity index (χ0) is 14.8. The number of aryl methyl sites for hydroxylation is 1. The quantitative estimate of drug-likeness (QED) is 0.623. The molecule has 2 rings (SSSR count). The standard InChI is InChI=1S/C14H17NO4S/c1-3-19-14(16)13-5-4-10-15(13)20(17,18)12-8-6-11(2)7-9-12/h4-9,13H,3,10H2,1-2H3/t13-/m1/s1. The van der Waals surface area contributed by atoms with Crippen molar-refractivity contribution in [3.63, 3.8) is 0 Å². The van der Waals surface area contributed by atoms with Crippen LogP contribution in [0.3, 0.4) is 0 Å². The van der Waals surface area contributed by atoms with Gasteiger partial charge in [0.25, 0.3) is 0 Å². The summed E-state index contributed by atoms with van der Waals surface area (Å²) < 4.78 is 31.1. The van der Waals surface area contributed by atoms with E-state index in [9.17, 15) is 13.2 Å². The molecule has 1 aromatic carbocycles. The average molecular weight is 295 g/mol. The molecule has 1 heterocycles. The number of benzene rings is 1. The normalized spacial score (nSPS) is 19.2. The molecule has 6 heteroatoms. The van der Waals surface area contributed by atoms with Crippen LogP contribution < -0.4 is 0 Å². The van der Waals surface area contributed by atoms with Gasteiger partial charge < -0.3 is 4.74 Å². The highest BCUT2D eigenvalue weighted by molar-refractivity contribution is 7.89. The third-order valence-electron chi connectivity index (χ3n) is 3.07. The molecule has 0 saturated heterocycles. The molecule has 1 aliphatic heterocycles. The zero-order valence-electron chi connectivity index (χ0n) is 11.4. The van der Waals surface area contributed by atoms with Gasteiger partial charge >= 0.3 is 5.97 Å². The Kier molecular flexibility index (Phi) is 4.25. The minimum Gasteiger partial charge on any atom is -0.465 e. The summed E-state index contributed by atoms with van der Waals surface area (Å²) in [6.45, 7) is 3.98. The van der Waals surface area contributed by atoms with Gasteiger partial charge in [-0.25, -0.2) is 13.2 Å². The second-order valence-corrected chi connectivity index (χ2v) is 6.40. The van der Waals surface area contributed by atoms with Gasteiger partial charge in [-0.1, -0.05) is 29.8 Å². The molecule has 0 bridgehead atoms. The topological polar surface area (TPSA) is 63.7 Å². The maximum atomic E-state index is 12.5. The summed E-state index contributed by atoms with van der Waals surface area (Å²) in [6.07, 6.45) is 3.22. The molecule has 0 amide bonds. The van der Waals surface area contributed by atoms with Crippen LogP contribution >= 0.6 is 0 Å². The van der Waals surface area contributed by atoms with E-state index in [1.807, 2.05) is 6.92 Å². The van der Waals surface area contributed by atoms with Crippen molar-refractivity contribution in [3.05, 3.63) is 42.0 Å². The smallest absolute Gasteiger partial charge is 0.328 e. The van der Waals surface area contributed by atoms with Crippen molar-refractivity contribution >= 4 is 16.0 Å². The molecule has 0 radical (unpaired) electrons. The predicted octanol–water partition coefficient (Wildman–Crippen LogP) is 1.49. The van der Waals surface area contributed by atoms with Gasteiger partial charge in [0, 0.05) is 6.54 Å². The first kappa shape index (κ1) is 14.7. The molecule has 0 saturated carbocycles. The summed E-state index contributed by atoms with van der Waals surface area (Å²) in [5.74, 6) is -0.545. The average Bonchev–Trinajstić information content (AvgIpc) is 2.89. The molecule has 5 nitrogen and oxygen atoms in total. The van der Waals surface area contributed by atoms with Crippen molar-refractivity contribution in [2.24, 2.45) is 0 Å². The molecule has 20 heavy (non-hydrogen) atoms. The number of rotatable bonds is 4. The van der Waals surface area contributed by atoms with Gasteiger partial charge in [0.1, 0.15) is 6.04 Å². The minimum atomic E-state index is -3.70. The van der Waals surface area contributed by atoms with Crippen molar-refractivity contribution in [2.45, 2.75) is 24.8 Å². The summed E-state index contributed by atoms with van der Waals surface area (Å²) in [5.41, 5.74) is 0.977. The van der Waals surface area contributed by atoms with E-state index in [2.05, 4.69) is 0 Å². The van der Waals surface area contributed by atoms with E-state index in [0.717, 1.165) is 9.87 Å². The van der Waals surface area contributed by atoms with Crippen LogP contribution in [0.5, 0.6) is 0 Å². The Morgan fingerprint density at radius 2 is 2.00 bits per heavy atom. The van der Waals surface area contributed by atoms with E-state index in [-0.39, 0.29) is 18.0 Å². The highest BCUT2D eigenvalue weighted by atomic mass is 32.2. The van der Waals surface area contributed by atoms with Crippen LogP contribution in [0.1, 0.15) is 12.5 Å². The van der Waals surface area contributed by atoms with Gasteiger partial charge in [-0.3, -0.25) is 0 Å². The predicted molar refractivity (Wildman–Crippen MR) is 74.6 cm³/mol. The van der Waals surface area contributed by atoms with Crippen LogP contribution in [0.2, 0.25) is 0 Å². The van der Waals surface area contributed by atoms with Crippen molar-refractivity contribution in [1.82, 2.24) is 4.31 Å². The van der Waals surface area contributed by atoms with Gasteiger partial charge in [-0.15, -0.1) is 0 Å². The number of ether oxygens (including phenoxy) is 1. The lowest BCUT2D eigenvalue weighted by atomic mass is 10.2. The van der Waals surface area contributed by atoms with Crippen LogP contribution in [-0.2, 0) is 19.6 Å². The van der Waals surface area contributed by atoms with Crippen molar-refractivity contribution in [2.75, 3.05) is 13.2 Å². The lowest BCUT2D eigenvalue weighted by molar-refractivity contribution is -0.145. The maximum Gasteiger partial charge on any atom is 0.328 e. The second kappa shape index (κ2) is 5.76. The third kappa shape index (κ3) is 2.76. The van der Waals surface area contributed by atoms with E-state index in [0.29, 0.717) is 0 Å². The van der Waals surface area contributed by atoms with E-state index >= 15 is 0 Å². The highest BCUT2D eigenvalue weighted by Gasteiger charge is 2.37. The van der Waals surface area contributed by atoms with E-state index < -0.39 is 22.0 Å². The summed E-state index contributed by atoms with van der Waals surface area (Å²) >= 11 is 0. The number of carbonyl (C=O) groups is 1. The van der Waals surface area contributed by atoms with Crippen LogP contribution in [0.25, 0.3) is 0 Å². The third-order valence-corrected chi connectivity index (χ3v) is 4.93. The van der Waals surface area contributed by atoms with E-state index in [4.69, 9.17) is 4.74 Å². The number of sulfonamides is 1. The largest absolute Gasteiger partial charge is 0.465 e. The van der Waals surface area contributed by atoms with Gasteiger partial charge in [-0.05, 0) is 26.0 Å². The molecule has 0 unspecified atom stereocenters. The first-order valence-electron chi connectivity index (χ1n) is 6.38. The Bertz CT molecular complexity index is 619. The number of nitrogens with zero attached hydrogens (tertiary/aromatic N) is 1. The molecule has 0 N–H and O–H groups in total. The van der Waals surface area contributed by atoms with Gasteiger partial charge in [0.2, 0.25) is 10.0 Å². The van der Waals surface area contributed by atoms with Crippen molar-refractivity contribution in [3.8, 4) is 0 Å². The van der Waals surface area contributed by atoms with Crippen LogP contribution in [-0.4, -0.2) is 37.9 Å². The summed E-state index contributed by atoms with van der Waals surface area (Å²) in [5, 5.41) is 0. The molecule has 1 aliphatic rings. The first-order chi connectivity index (χ1) is 9.46. The number of carbonyl (C=O) groups excluding carboxylic acids is 1. The monoisotopic (exact) mass is 295 g/mol. The zero-order valence-corrected chi connectivity index (χ0v) is 12.3. The second-order valence-electron chi connectivity index (χ2n) is 4.51. The van der Waals surface area contributed by atoms with Crippen LogP contribution in [0.15, 0.2) is 41.3 Å². The summed E-state index contributed by atoms with van der Waals surface area (Å²) in [6, 6.07) is 5.68. The van der Waals surface area contributed by atoms with Crippen LogP contribution in [0.4, 0.5) is 0 Å². The summed E-state index contributed by atoms with van der Waals surface area (Å²) in [4.78, 5) is 12.0. The first-order valence-corrected chi connectivity index (χ1v) is 7.82. The van der Waals surface area contributed by atoms with Crippen LogP contribution in [0, 0.1) is 6.92 Å². The Labute approximate surface area is 118 Å². The minimum absolute atomic E-state index is 0.180. The fourth-order valence-electron chi connectivity index (χ4n) is 2.02. The molecule has 1 aromatic rings. The summed E-state index contributed by atoms with van der Waals surface area (Å²) in [7, 11) is -3.70. The molecule has 0 aliphatic carbocycles. The Morgan fingerprint density at radius 1 is 1.35 bits per heavy atom. The van der Waals surface area contributed by atoms with E-state index in [1.165, 1.54) is 0 Å². The Hall–Kier alpha value is -1.66. The van der Waals surface area contributed by atoms with Crippen molar-refractivity contribution < 1.29 is 17.9 Å². The van der Waals surface area contributed by atoms with E-state index in [1.54, 1.807) is 43.3 Å². The van der Waals surface area contributed by atoms with Crippen molar-refractivity contribution in [1.29, 1.82) is 0 Å². The molecule has 1 atom stereocenters. The Morgan fingerprint density at radius 3 is 2.60 bits per heavy atom. The molecule has 108 valence electrons. The molecule has 0 aromatic heterocycles.